The quantitative estimate of drug-likeness (QED) is 0.702. The maximum absolute atomic E-state index is 12.8. The fraction of sp³-hybridized carbons (Fsp3) is 0.350. The van der Waals surface area contributed by atoms with Crippen LogP contribution in [0.2, 0.25) is 0 Å². The van der Waals surface area contributed by atoms with Crippen LogP contribution in [0.15, 0.2) is 53.4 Å². The molecular weight excluding hydrogens is 366 g/mol. The predicted molar refractivity (Wildman–Crippen MR) is 102 cm³/mol. The van der Waals surface area contributed by atoms with Gasteiger partial charge in [-0.2, -0.15) is 4.31 Å². The largest absolute Gasteiger partial charge is 0.481 e. The molecule has 0 aliphatic carbocycles. The lowest BCUT2D eigenvalue weighted by Crippen LogP contribution is -2.30. The van der Waals surface area contributed by atoms with E-state index in [9.17, 15) is 13.2 Å². The zero-order valence-electron chi connectivity index (χ0n) is 15.3. The number of benzene rings is 2. The molecular formula is C20H23NO5S. The van der Waals surface area contributed by atoms with E-state index in [1.165, 1.54) is 4.31 Å². The first-order valence-electron chi connectivity index (χ1n) is 8.77. The van der Waals surface area contributed by atoms with E-state index < -0.39 is 16.0 Å². The Hall–Kier alpha value is -2.22. The van der Waals surface area contributed by atoms with Gasteiger partial charge in [0.2, 0.25) is 10.0 Å². The molecule has 1 unspecified atom stereocenters. The van der Waals surface area contributed by atoms with Crippen LogP contribution in [0.4, 0.5) is 0 Å². The van der Waals surface area contributed by atoms with Gasteiger partial charge in [0, 0.05) is 13.6 Å². The second kappa shape index (κ2) is 7.80. The molecule has 2 atom stereocenters. The maximum Gasteiger partial charge on any atom is 0.303 e. The van der Waals surface area contributed by atoms with E-state index in [4.69, 9.17) is 9.84 Å². The van der Waals surface area contributed by atoms with Crippen molar-refractivity contribution in [1.82, 2.24) is 4.31 Å². The third kappa shape index (κ3) is 4.74. The van der Waals surface area contributed by atoms with Gasteiger partial charge in [0.15, 0.2) is 0 Å². The van der Waals surface area contributed by atoms with Gasteiger partial charge in [-0.05, 0) is 34.7 Å². The number of sulfonamides is 1. The number of nitrogens with zero attached hydrogens (tertiary/aromatic N) is 1. The third-order valence-corrected chi connectivity index (χ3v) is 6.49. The van der Waals surface area contributed by atoms with Gasteiger partial charge in [0.05, 0.1) is 24.0 Å². The molecule has 3 rings (SSSR count). The van der Waals surface area contributed by atoms with Gasteiger partial charge >= 0.3 is 5.97 Å². The van der Waals surface area contributed by atoms with Crippen LogP contribution >= 0.6 is 0 Å². The molecule has 7 heteroatoms. The van der Waals surface area contributed by atoms with E-state index in [2.05, 4.69) is 0 Å². The molecule has 0 aromatic heterocycles. The minimum atomic E-state index is -3.59. The van der Waals surface area contributed by atoms with Crippen LogP contribution in [0.1, 0.15) is 24.8 Å². The van der Waals surface area contributed by atoms with Crippen LogP contribution < -0.4 is 0 Å². The molecule has 1 aliphatic rings. The van der Waals surface area contributed by atoms with Gasteiger partial charge in [-0.1, -0.05) is 43.3 Å². The van der Waals surface area contributed by atoms with Gasteiger partial charge in [-0.25, -0.2) is 8.42 Å². The molecule has 0 radical (unpaired) electrons. The smallest absolute Gasteiger partial charge is 0.303 e. The van der Waals surface area contributed by atoms with Crippen LogP contribution in [-0.2, 0) is 19.6 Å². The summed E-state index contributed by atoms with van der Waals surface area (Å²) in [6.45, 7) is 2.80. The van der Waals surface area contributed by atoms with Crippen molar-refractivity contribution in [3.05, 3.63) is 54.1 Å². The monoisotopic (exact) mass is 389 g/mol. The Morgan fingerprint density at radius 2 is 1.85 bits per heavy atom. The number of ether oxygens (including phenoxy) is 1. The third-order valence-electron chi connectivity index (χ3n) is 4.68. The summed E-state index contributed by atoms with van der Waals surface area (Å²) in [6, 6.07) is 14.4. The van der Waals surface area contributed by atoms with E-state index >= 15 is 0 Å². The fourth-order valence-corrected chi connectivity index (χ4v) is 4.23. The number of carboxylic acids is 1. The summed E-state index contributed by atoms with van der Waals surface area (Å²) >= 11 is 0. The molecule has 1 N–H and O–H groups in total. The molecule has 0 spiro atoms. The number of likely N-dealkylation sites (N-methyl/N-ethyl adjacent to an activating group) is 1. The number of aliphatic carboxylic acids is 1. The Labute approximate surface area is 159 Å². The summed E-state index contributed by atoms with van der Waals surface area (Å²) < 4.78 is 32.0. The number of carboxylic acid groups (broad SMARTS) is 1. The molecule has 2 aromatic rings. The van der Waals surface area contributed by atoms with Crippen molar-refractivity contribution in [2.75, 3.05) is 20.2 Å². The number of carbonyl (C=O) groups is 1. The zero-order valence-corrected chi connectivity index (χ0v) is 16.1. The highest BCUT2D eigenvalue weighted by Gasteiger charge is 2.30. The first-order valence-corrected chi connectivity index (χ1v) is 10.2. The van der Waals surface area contributed by atoms with Gasteiger partial charge in [-0.15, -0.1) is 0 Å². The standard InChI is InChI=1S/C20H23NO5S/c1-14(9-20(22)23)15-5-3-6-16(10-15)17-7-4-8-19(11-17)27(24,25)21(2)12-18-13-26-18/h3-8,10-11,14,18H,9,12-13H2,1-2H3,(H,22,23)/t14-,18?/m0/s1. The first kappa shape index (κ1) is 19.5. The van der Waals surface area contributed by atoms with E-state index in [0.717, 1.165) is 16.7 Å². The van der Waals surface area contributed by atoms with E-state index in [1.807, 2.05) is 37.3 Å². The van der Waals surface area contributed by atoms with E-state index in [0.29, 0.717) is 13.2 Å². The van der Waals surface area contributed by atoms with E-state index in [1.54, 1.807) is 25.2 Å². The van der Waals surface area contributed by atoms with Gasteiger partial charge in [0.25, 0.3) is 0 Å². The van der Waals surface area contributed by atoms with Gasteiger partial charge in [-0.3, -0.25) is 4.79 Å². The summed E-state index contributed by atoms with van der Waals surface area (Å²) in [7, 11) is -2.04. The molecule has 1 heterocycles. The van der Waals surface area contributed by atoms with Crippen molar-refractivity contribution in [3.8, 4) is 11.1 Å². The molecule has 1 aliphatic heterocycles. The topological polar surface area (TPSA) is 87.2 Å². The summed E-state index contributed by atoms with van der Waals surface area (Å²) in [4.78, 5) is 11.2. The Morgan fingerprint density at radius 3 is 2.48 bits per heavy atom. The highest BCUT2D eigenvalue weighted by atomic mass is 32.2. The Morgan fingerprint density at radius 1 is 1.22 bits per heavy atom. The number of hydrogen-bond acceptors (Lipinski definition) is 4. The SMILES string of the molecule is C[C@@H](CC(=O)O)c1cccc(-c2cccc(S(=O)(=O)N(C)CC3CO3)c2)c1. The zero-order chi connectivity index (χ0) is 19.6. The number of epoxide rings is 1. The molecule has 6 nitrogen and oxygen atoms in total. The Bertz CT molecular complexity index is 937. The first-order chi connectivity index (χ1) is 12.8. The van der Waals surface area contributed by atoms with Crippen LogP contribution in [0, 0.1) is 0 Å². The van der Waals surface area contributed by atoms with Gasteiger partial charge < -0.3 is 9.84 Å². The lowest BCUT2D eigenvalue weighted by atomic mass is 9.94. The molecule has 0 saturated carbocycles. The highest BCUT2D eigenvalue weighted by Crippen LogP contribution is 2.28. The second-order valence-electron chi connectivity index (χ2n) is 6.89. The van der Waals surface area contributed by atoms with Crippen LogP contribution in [-0.4, -0.2) is 50.1 Å². The maximum atomic E-state index is 12.8. The van der Waals surface area contributed by atoms with Crippen LogP contribution in [0.3, 0.4) is 0 Å². The highest BCUT2D eigenvalue weighted by molar-refractivity contribution is 7.89. The van der Waals surface area contributed by atoms with Crippen molar-refractivity contribution in [3.63, 3.8) is 0 Å². The minimum absolute atomic E-state index is 0.0136. The number of rotatable bonds is 8. The van der Waals surface area contributed by atoms with Crippen molar-refractivity contribution >= 4 is 16.0 Å². The average Bonchev–Trinajstić information content (AvgIpc) is 3.45. The molecule has 1 saturated heterocycles. The van der Waals surface area contributed by atoms with Crippen LogP contribution in [0.5, 0.6) is 0 Å². The summed E-state index contributed by atoms with van der Waals surface area (Å²) in [5.41, 5.74) is 2.54. The molecule has 1 fully saturated rings. The predicted octanol–water partition coefficient (Wildman–Crippen LogP) is 2.95. The summed E-state index contributed by atoms with van der Waals surface area (Å²) in [6.07, 6.45) is 0.0340. The van der Waals surface area contributed by atoms with Crippen molar-refractivity contribution in [2.24, 2.45) is 0 Å². The fourth-order valence-electron chi connectivity index (χ4n) is 2.98. The van der Waals surface area contributed by atoms with E-state index in [-0.39, 0.29) is 23.3 Å². The van der Waals surface area contributed by atoms with Crippen molar-refractivity contribution in [1.29, 1.82) is 0 Å². The molecule has 0 bridgehead atoms. The van der Waals surface area contributed by atoms with Crippen molar-refractivity contribution < 1.29 is 23.1 Å². The molecule has 0 amide bonds. The molecule has 27 heavy (non-hydrogen) atoms. The molecule has 144 valence electrons. The molecule has 2 aromatic carbocycles. The van der Waals surface area contributed by atoms with Crippen molar-refractivity contribution in [2.45, 2.75) is 30.3 Å². The van der Waals surface area contributed by atoms with Gasteiger partial charge in [0.1, 0.15) is 0 Å². The Kier molecular flexibility index (Phi) is 5.64. The van der Waals surface area contributed by atoms with Crippen LogP contribution in [0.25, 0.3) is 11.1 Å². The summed E-state index contributed by atoms with van der Waals surface area (Å²) in [5.74, 6) is -0.970. The normalized spacial score (nSPS) is 17.7. The number of hydrogen-bond donors (Lipinski definition) is 1. The Balaban J connectivity index is 1.88. The lowest BCUT2D eigenvalue weighted by molar-refractivity contribution is -0.137. The second-order valence-corrected chi connectivity index (χ2v) is 8.94. The summed E-state index contributed by atoms with van der Waals surface area (Å²) in [5, 5.41) is 9.00. The average molecular weight is 389 g/mol. The minimum Gasteiger partial charge on any atom is -0.481 e. The lowest BCUT2D eigenvalue weighted by Gasteiger charge is -2.17.